The molecule has 1 atom stereocenters. The van der Waals surface area contributed by atoms with E-state index in [9.17, 15) is 14.4 Å². The van der Waals surface area contributed by atoms with Crippen LogP contribution in [-0.2, 0) is 19.1 Å². The summed E-state index contributed by atoms with van der Waals surface area (Å²) in [5.41, 5.74) is -0.296. The zero-order chi connectivity index (χ0) is 14.9. The van der Waals surface area contributed by atoms with E-state index in [2.05, 4.69) is 10.1 Å². The molecule has 1 unspecified atom stereocenters. The molecule has 1 aliphatic rings. The van der Waals surface area contributed by atoms with E-state index in [1.54, 1.807) is 0 Å². The molecule has 0 spiro atoms. The topological polar surface area (TPSA) is 81.7 Å². The predicted octanol–water partition coefficient (Wildman–Crippen LogP) is 1.67. The van der Waals surface area contributed by atoms with E-state index < -0.39 is 12.1 Å². The monoisotopic (exact) mass is 273 g/mol. The summed E-state index contributed by atoms with van der Waals surface area (Å²) in [7, 11) is 0. The maximum atomic E-state index is 10.6. The van der Waals surface area contributed by atoms with E-state index in [0.29, 0.717) is 19.6 Å². The van der Waals surface area contributed by atoms with Crippen LogP contribution in [0.15, 0.2) is 0 Å². The Bertz CT molecular complexity index is 306. The highest BCUT2D eigenvalue weighted by Crippen LogP contribution is 2.22. The first-order valence-electron chi connectivity index (χ1n) is 6.41. The lowest BCUT2D eigenvalue weighted by atomic mass is 9.85. The predicted molar refractivity (Wildman–Crippen MR) is 69.7 cm³/mol. The third-order valence-electron chi connectivity index (χ3n) is 2.59. The van der Waals surface area contributed by atoms with Crippen molar-refractivity contribution in [3.05, 3.63) is 0 Å². The highest BCUT2D eigenvalue weighted by Gasteiger charge is 2.36. The summed E-state index contributed by atoms with van der Waals surface area (Å²) >= 11 is 0. The minimum atomic E-state index is -0.513. The molecule has 0 bridgehead atoms. The van der Waals surface area contributed by atoms with E-state index in [1.165, 1.54) is 0 Å². The van der Waals surface area contributed by atoms with Gasteiger partial charge in [0.05, 0.1) is 12.6 Å². The van der Waals surface area contributed by atoms with Gasteiger partial charge in [0.15, 0.2) is 0 Å². The Morgan fingerprint density at radius 3 is 2.58 bits per heavy atom. The van der Waals surface area contributed by atoms with Crippen LogP contribution in [-0.4, -0.2) is 37.6 Å². The Morgan fingerprint density at radius 2 is 2.16 bits per heavy atom. The van der Waals surface area contributed by atoms with Gasteiger partial charge in [0.1, 0.15) is 12.9 Å². The van der Waals surface area contributed by atoms with Crippen molar-refractivity contribution in [1.82, 2.24) is 5.32 Å². The molecule has 1 N–H and O–H groups in total. The van der Waals surface area contributed by atoms with Crippen LogP contribution in [0, 0.1) is 5.41 Å². The molecule has 0 aromatic heterocycles. The van der Waals surface area contributed by atoms with E-state index in [-0.39, 0.29) is 11.4 Å². The largest absolute Gasteiger partial charge is 0.466 e. The van der Waals surface area contributed by atoms with Gasteiger partial charge in [-0.15, -0.1) is 0 Å². The lowest BCUT2D eigenvalue weighted by Crippen LogP contribution is -2.53. The number of carbonyl (C=O) groups excluding carboxylic acids is 3. The second-order valence-corrected chi connectivity index (χ2v) is 4.88. The molecule has 1 aliphatic heterocycles. The van der Waals surface area contributed by atoms with Gasteiger partial charge in [-0.05, 0) is 13.3 Å². The van der Waals surface area contributed by atoms with Crippen molar-refractivity contribution in [3.8, 4) is 0 Å². The number of aldehydes is 1. The van der Waals surface area contributed by atoms with Gasteiger partial charge in [-0.25, -0.2) is 4.79 Å². The van der Waals surface area contributed by atoms with Crippen LogP contribution in [0.25, 0.3) is 0 Å². The quantitative estimate of drug-likeness (QED) is 0.622. The maximum absolute atomic E-state index is 10.6. The van der Waals surface area contributed by atoms with Crippen LogP contribution >= 0.6 is 0 Å². The van der Waals surface area contributed by atoms with Crippen molar-refractivity contribution in [1.29, 1.82) is 0 Å². The van der Waals surface area contributed by atoms with Gasteiger partial charge in [-0.2, -0.15) is 0 Å². The summed E-state index contributed by atoms with van der Waals surface area (Å²) in [4.78, 5) is 31.5. The molecule has 0 saturated carbocycles. The fraction of sp³-hybridized carbons (Fsp3) is 0.769. The van der Waals surface area contributed by atoms with Crippen LogP contribution in [0.1, 0.15) is 40.5 Å². The number of cyclic esters (lactones) is 1. The summed E-state index contributed by atoms with van der Waals surface area (Å²) in [6.45, 7) is 8.29. The van der Waals surface area contributed by atoms with Crippen LogP contribution in [0.5, 0.6) is 0 Å². The number of carbonyl (C=O) groups is 3. The molecule has 0 radical (unpaired) electrons. The van der Waals surface area contributed by atoms with Crippen LogP contribution in [0.4, 0.5) is 4.79 Å². The highest BCUT2D eigenvalue weighted by molar-refractivity contribution is 5.75. The fourth-order valence-corrected chi connectivity index (χ4v) is 1.36. The fourth-order valence-electron chi connectivity index (χ4n) is 1.36. The van der Waals surface area contributed by atoms with Crippen LogP contribution < -0.4 is 5.32 Å². The molecule has 1 rings (SSSR count). The molecule has 6 heteroatoms. The van der Waals surface area contributed by atoms with Gasteiger partial charge in [-0.1, -0.05) is 20.8 Å². The zero-order valence-electron chi connectivity index (χ0n) is 12.0. The molecule has 0 aliphatic carbocycles. The van der Waals surface area contributed by atoms with Gasteiger partial charge >= 0.3 is 12.1 Å². The highest BCUT2D eigenvalue weighted by atomic mass is 16.6. The normalized spacial score (nSPS) is 20.2. The molecule has 1 saturated heterocycles. The average molecular weight is 273 g/mol. The van der Waals surface area contributed by atoms with Crippen molar-refractivity contribution in [3.63, 3.8) is 0 Å². The third-order valence-corrected chi connectivity index (χ3v) is 2.59. The van der Waals surface area contributed by atoms with Crippen molar-refractivity contribution >= 4 is 18.3 Å². The minimum Gasteiger partial charge on any atom is -0.466 e. The summed E-state index contributed by atoms with van der Waals surface area (Å²) in [5, 5.41) is 2.43. The summed E-state index contributed by atoms with van der Waals surface area (Å²) in [6, 6.07) is -0.427. The molecule has 6 nitrogen and oxygen atoms in total. The SMILES string of the molecule is CC1(C)COC(=O)NC1C=O.CCCC(=O)OCC. The zero-order valence-corrected chi connectivity index (χ0v) is 12.0. The molecule has 0 aromatic carbocycles. The smallest absolute Gasteiger partial charge is 0.407 e. The Morgan fingerprint density at radius 1 is 1.53 bits per heavy atom. The second kappa shape index (κ2) is 8.50. The maximum Gasteiger partial charge on any atom is 0.407 e. The van der Waals surface area contributed by atoms with E-state index in [4.69, 9.17) is 4.74 Å². The number of hydrogen-bond acceptors (Lipinski definition) is 5. The Kier molecular flexibility index (Phi) is 7.79. The summed E-state index contributed by atoms with van der Waals surface area (Å²) in [5.74, 6) is -0.0880. The lowest BCUT2D eigenvalue weighted by Gasteiger charge is -2.34. The van der Waals surface area contributed by atoms with Gasteiger partial charge < -0.3 is 19.6 Å². The number of hydrogen-bond donors (Lipinski definition) is 1. The molecule has 1 fully saturated rings. The molecular weight excluding hydrogens is 250 g/mol. The van der Waals surface area contributed by atoms with E-state index >= 15 is 0 Å². The second-order valence-electron chi connectivity index (χ2n) is 4.88. The molecular formula is C13H23NO5. The Balaban J connectivity index is 0.000000362. The Labute approximate surface area is 113 Å². The first-order valence-corrected chi connectivity index (χ1v) is 6.41. The molecule has 0 aromatic rings. The minimum absolute atomic E-state index is 0.0880. The van der Waals surface area contributed by atoms with E-state index in [1.807, 2.05) is 27.7 Å². The third kappa shape index (κ3) is 6.79. The lowest BCUT2D eigenvalue weighted by molar-refractivity contribution is -0.143. The van der Waals surface area contributed by atoms with Crippen molar-refractivity contribution < 1.29 is 23.9 Å². The first kappa shape index (κ1) is 17.4. The first-order chi connectivity index (χ1) is 8.87. The van der Waals surface area contributed by atoms with Gasteiger partial charge in [-0.3, -0.25) is 4.79 Å². The van der Waals surface area contributed by atoms with Crippen LogP contribution in [0.2, 0.25) is 0 Å². The summed E-state index contributed by atoms with van der Waals surface area (Å²) in [6.07, 6.45) is 1.65. The standard InChI is InChI=1S/C7H11NO3.C6H12O2/c1-7(2)4-11-6(10)8-5(7)3-9;1-3-5-6(7)8-4-2/h3,5H,4H2,1-2H3,(H,8,10);3-5H2,1-2H3. The van der Waals surface area contributed by atoms with E-state index in [0.717, 1.165) is 12.7 Å². The average Bonchev–Trinajstić information content (AvgIpc) is 2.34. The van der Waals surface area contributed by atoms with Crippen molar-refractivity contribution in [2.24, 2.45) is 5.41 Å². The van der Waals surface area contributed by atoms with Gasteiger partial charge in [0.2, 0.25) is 0 Å². The molecule has 1 heterocycles. The number of ether oxygens (including phenoxy) is 2. The number of esters is 1. The number of nitrogens with one attached hydrogen (secondary N) is 1. The van der Waals surface area contributed by atoms with Crippen LogP contribution in [0.3, 0.4) is 0 Å². The number of rotatable bonds is 4. The molecule has 110 valence electrons. The van der Waals surface area contributed by atoms with Gasteiger partial charge in [0.25, 0.3) is 0 Å². The number of amides is 1. The Hall–Kier alpha value is -1.59. The number of alkyl carbamates (subject to hydrolysis) is 1. The van der Waals surface area contributed by atoms with Gasteiger partial charge in [0, 0.05) is 11.8 Å². The van der Waals surface area contributed by atoms with Crippen molar-refractivity contribution in [2.75, 3.05) is 13.2 Å². The van der Waals surface area contributed by atoms with Crippen molar-refractivity contribution in [2.45, 2.75) is 46.6 Å². The molecule has 1 amide bonds. The molecule has 19 heavy (non-hydrogen) atoms. The summed E-state index contributed by atoms with van der Waals surface area (Å²) < 4.78 is 9.36.